The molecule has 1 N–H and O–H groups in total. The lowest BCUT2D eigenvalue weighted by atomic mass is 10.0. The third-order valence-corrected chi connectivity index (χ3v) is 5.04. The van der Waals surface area contributed by atoms with Gasteiger partial charge in [-0.05, 0) is 77.9 Å². The summed E-state index contributed by atoms with van der Waals surface area (Å²) in [6.45, 7) is 11.4. The first-order valence-electron chi connectivity index (χ1n) is 11.0. The number of hydrazine groups is 1. The van der Waals surface area contributed by atoms with Crippen LogP contribution in [0.2, 0.25) is 0 Å². The van der Waals surface area contributed by atoms with Crippen LogP contribution in [0.1, 0.15) is 58.2 Å². The zero-order valence-electron chi connectivity index (χ0n) is 20.9. The van der Waals surface area contributed by atoms with E-state index in [2.05, 4.69) is 5.43 Å². The first-order chi connectivity index (χ1) is 15.9. The van der Waals surface area contributed by atoms with Gasteiger partial charge in [0, 0.05) is 16.7 Å². The topological polar surface area (TPSA) is 58.6 Å². The first-order valence-corrected chi connectivity index (χ1v) is 11.0. The summed E-state index contributed by atoms with van der Waals surface area (Å²) in [6.07, 6.45) is 0. The van der Waals surface area contributed by atoms with E-state index in [0.717, 1.165) is 16.7 Å². The molecular formula is C28H33FN2O3. The number of benzene rings is 3. The fourth-order valence-corrected chi connectivity index (χ4v) is 3.41. The van der Waals surface area contributed by atoms with Gasteiger partial charge < -0.3 is 4.74 Å². The standard InChI is InChI=1S/C22H28N2O3.C6H5F/c1-14-11-15(2)13-17(12-14)21(26)24(22(4,5)6)23-20(25)18-9-8-10-19(27-7)16(18)3;7-6-4-2-1-3-5-6/h8-13H,1-7H3,(H,23,25);1-5H. The van der Waals surface area contributed by atoms with Crippen LogP contribution in [-0.4, -0.2) is 29.5 Å². The molecule has 0 fully saturated rings. The Kier molecular flexibility index (Phi) is 8.96. The van der Waals surface area contributed by atoms with Crippen molar-refractivity contribution in [1.29, 1.82) is 0 Å². The number of hydrogen-bond donors (Lipinski definition) is 1. The molecule has 3 aromatic carbocycles. The van der Waals surface area contributed by atoms with Gasteiger partial charge in [-0.1, -0.05) is 41.5 Å². The van der Waals surface area contributed by atoms with Crippen LogP contribution in [0.4, 0.5) is 4.39 Å². The minimum Gasteiger partial charge on any atom is -0.496 e. The van der Waals surface area contributed by atoms with E-state index in [9.17, 15) is 14.0 Å². The molecule has 0 unspecified atom stereocenters. The molecule has 3 rings (SSSR count). The molecule has 0 radical (unpaired) electrons. The van der Waals surface area contributed by atoms with Gasteiger partial charge in [0.1, 0.15) is 11.6 Å². The van der Waals surface area contributed by atoms with Gasteiger partial charge in [0.05, 0.1) is 12.6 Å². The lowest BCUT2D eigenvalue weighted by Crippen LogP contribution is -2.56. The summed E-state index contributed by atoms with van der Waals surface area (Å²) in [5.74, 6) is -0.143. The molecule has 0 aliphatic carbocycles. The first kappa shape index (κ1) is 26.6. The molecule has 34 heavy (non-hydrogen) atoms. The molecule has 0 saturated carbocycles. The number of carbonyl (C=O) groups excluding carboxylic acids is 2. The predicted octanol–water partition coefficient (Wildman–Crippen LogP) is 6.03. The second-order valence-electron chi connectivity index (χ2n) is 9.06. The SMILES string of the molecule is COc1cccc(C(=O)NN(C(=O)c2cc(C)cc(C)c2)C(C)(C)C)c1C.Fc1ccccc1. The molecule has 0 bridgehead atoms. The molecule has 0 spiro atoms. The van der Waals surface area contributed by atoms with E-state index < -0.39 is 5.54 Å². The van der Waals surface area contributed by atoms with E-state index in [1.54, 1.807) is 43.5 Å². The molecule has 180 valence electrons. The van der Waals surface area contributed by atoms with Crippen molar-refractivity contribution < 1.29 is 18.7 Å². The van der Waals surface area contributed by atoms with E-state index >= 15 is 0 Å². The highest BCUT2D eigenvalue weighted by molar-refractivity contribution is 6.00. The molecule has 6 heteroatoms. The maximum absolute atomic E-state index is 13.2. The lowest BCUT2D eigenvalue weighted by molar-refractivity contribution is 0.0358. The van der Waals surface area contributed by atoms with E-state index in [1.807, 2.05) is 59.7 Å². The fraction of sp³-hybridized carbons (Fsp3) is 0.286. The summed E-state index contributed by atoms with van der Waals surface area (Å²) in [7, 11) is 1.56. The van der Waals surface area contributed by atoms with Crippen molar-refractivity contribution in [3.8, 4) is 5.75 Å². The lowest BCUT2D eigenvalue weighted by Gasteiger charge is -2.35. The second kappa shape index (κ2) is 11.5. The van der Waals surface area contributed by atoms with Crippen LogP contribution in [0.3, 0.4) is 0 Å². The van der Waals surface area contributed by atoms with Crippen LogP contribution in [0.5, 0.6) is 5.75 Å². The maximum atomic E-state index is 13.2. The number of aryl methyl sites for hydroxylation is 2. The quantitative estimate of drug-likeness (QED) is 0.482. The van der Waals surface area contributed by atoms with Gasteiger partial charge in [-0.25, -0.2) is 9.40 Å². The average molecular weight is 465 g/mol. The van der Waals surface area contributed by atoms with Gasteiger partial charge in [-0.2, -0.15) is 0 Å². The highest BCUT2D eigenvalue weighted by atomic mass is 19.1. The molecule has 5 nitrogen and oxygen atoms in total. The summed E-state index contributed by atoms with van der Waals surface area (Å²) < 4.78 is 17.2. The molecule has 2 amide bonds. The van der Waals surface area contributed by atoms with Crippen molar-refractivity contribution in [2.45, 2.75) is 47.1 Å². The van der Waals surface area contributed by atoms with Crippen molar-refractivity contribution >= 4 is 11.8 Å². The number of halogens is 1. The number of carbonyl (C=O) groups is 2. The van der Waals surface area contributed by atoms with E-state index in [1.165, 1.54) is 17.1 Å². The normalized spacial score (nSPS) is 10.6. The Hall–Kier alpha value is -3.67. The Morgan fingerprint density at radius 1 is 0.882 bits per heavy atom. The molecule has 3 aromatic rings. The van der Waals surface area contributed by atoms with Gasteiger partial charge >= 0.3 is 0 Å². The summed E-state index contributed by atoms with van der Waals surface area (Å²) >= 11 is 0. The predicted molar refractivity (Wildman–Crippen MR) is 133 cm³/mol. The number of nitrogens with one attached hydrogen (secondary N) is 1. The monoisotopic (exact) mass is 464 g/mol. The molecule has 0 heterocycles. The van der Waals surface area contributed by atoms with Crippen LogP contribution in [-0.2, 0) is 0 Å². The number of amides is 2. The summed E-state index contributed by atoms with van der Waals surface area (Å²) in [5.41, 5.74) is 5.94. The molecule has 0 aliphatic heterocycles. The minimum atomic E-state index is -0.600. The summed E-state index contributed by atoms with van der Waals surface area (Å²) in [4.78, 5) is 26.1. The molecule has 0 atom stereocenters. The van der Waals surface area contributed by atoms with Crippen molar-refractivity contribution in [2.24, 2.45) is 0 Å². The fourth-order valence-electron chi connectivity index (χ4n) is 3.41. The van der Waals surface area contributed by atoms with Crippen LogP contribution < -0.4 is 10.2 Å². The third kappa shape index (κ3) is 7.17. The molecule has 0 aromatic heterocycles. The Morgan fingerprint density at radius 2 is 1.47 bits per heavy atom. The van der Waals surface area contributed by atoms with Crippen molar-refractivity contribution in [3.63, 3.8) is 0 Å². The summed E-state index contributed by atoms with van der Waals surface area (Å²) in [6, 6.07) is 18.9. The van der Waals surface area contributed by atoms with Crippen LogP contribution >= 0.6 is 0 Å². The Morgan fingerprint density at radius 3 is 1.94 bits per heavy atom. The van der Waals surface area contributed by atoms with E-state index in [0.29, 0.717) is 16.9 Å². The van der Waals surface area contributed by atoms with E-state index in [4.69, 9.17) is 4.74 Å². The zero-order valence-corrected chi connectivity index (χ0v) is 20.9. The van der Waals surface area contributed by atoms with Crippen molar-refractivity contribution in [1.82, 2.24) is 10.4 Å². The molecular weight excluding hydrogens is 431 g/mol. The Bertz CT molecular complexity index is 1120. The highest BCUT2D eigenvalue weighted by Crippen LogP contribution is 2.22. The summed E-state index contributed by atoms with van der Waals surface area (Å²) in [5, 5.41) is 1.39. The van der Waals surface area contributed by atoms with Gasteiger partial charge in [-0.3, -0.25) is 15.0 Å². The third-order valence-electron chi connectivity index (χ3n) is 5.04. The maximum Gasteiger partial charge on any atom is 0.272 e. The van der Waals surface area contributed by atoms with Crippen molar-refractivity contribution in [3.05, 3.63) is 100 Å². The van der Waals surface area contributed by atoms with Crippen LogP contribution in [0.15, 0.2) is 66.7 Å². The average Bonchev–Trinajstić information content (AvgIpc) is 2.76. The number of rotatable bonds is 3. The van der Waals surface area contributed by atoms with Gasteiger partial charge in [-0.15, -0.1) is 0 Å². The number of nitrogens with zero attached hydrogens (tertiary/aromatic N) is 1. The number of hydrogen-bond acceptors (Lipinski definition) is 3. The number of methoxy groups -OCH3 is 1. The van der Waals surface area contributed by atoms with Crippen molar-refractivity contribution in [2.75, 3.05) is 7.11 Å². The second-order valence-corrected chi connectivity index (χ2v) is 9.06. The minimum absolute atomic E-state index is 0.178. The highest BCUT2D eigenvalue weighted by Gasteiger charge is 2.30. The van der Waals surface area contributed by atoms with Gasteiger partial charge in [0.15, 0.2) is 0 Å². The largest absolute Gasteiger partial charge is 0.496 e. The zero-order chi connectivity index (χ0) is 25.5. The van der Waals surface area contributed by atoms with Gasteiger partial charge in [0.25, 0.3) is 11.8 Å². The molecule has 0 saturated heterocycles. The van der Waals surface area contributed by atoms with Crippen LogP contribution in [0.25, 0.3) is 0 Å². The Balaban J connectivity index is 0.000000497. The smallest absolute Gasteiger partial charge is 0.272 e. The number of ether oxygens (including phenoxy) is 1. The Labute approximate surface area is 201 Å². The van der Waals surface area contributed by atoms with Crippen LogP contribution in [0, 0.1) is 26.6 Å². The molecule has 0 aliphatic rings. The van der Waals surface area contributed by atoms with Gasteiger partial charge in [0.2, 0.25) is 0 Å². The van der Waals surface area contributed by atoms with E-state index in [-0.39, 0.29) is 17.6 Å².